The molecule has 3 amide bonds. The first-order chi connectivity index (χ1) is 20.5. The molecule has 1 aromatic heterocycles. The molecule has 13 heteroatoms. The third-order valence-electron chi connectivity index (χ3n) is 6.21. The molecular formula is C31H43ClN6O6. The third kappa shape index (κ3) is 13.6. The summed E-state index contributed by atoms with van der Waals surface area (Å²) in [5.41, 5.74) is 12.8. The average Bonchev–Trinajstić information content (AvgIpc) is 2.97. The van der Waals surface area contributed by atoms with Gasteiger partial charge < -0.3 is 36.6 Å². The largest absolute Gasteiger partial charge is 0.445 e. The lowest BCUT2D eigenvalue weighted by atomic mass is 10.0. The molecule has 0 saturated carbocycles. The van der Waals surface area contributed by atoms with E-state index >= 15 is 0 Å². The van der Waals surface area contributed by atoms with E-state index in [1.165, 1.54) is 13.1 Å². The van der Waals surface area contributed by atoms with Crippen molar-refractivity contribution in [3.8, 4) is 0 Å². The van der Waals surface area contributed by atoms with Gasteiger partial charge in [0.2, 0.25) is 11.8 Å². The predicted octanol–water partition coefficient (Wildman–Crippen LogP) is 3.14. The van der Waals surface area contributed by atoms with Crippen LogP contribution in [0, 0.1) is 12.8 Å². The zero-order chi connectivity index (χ0) is 31.8. The van der Waals surface area contributed by atoms with Gasteiger partial charge in [-0.25, -0.2) is 9.59 Å². The molecule has 0 saturated heterocycles. The summed E-state index contributed by atoms with van der Waals surface area (Å²) in [6, 6.07) is 16.6. The molecule has 44 heavy (non-hydrogen) atoms. The molecule has 0 aliphatic rings. The number of nitrogens with one attached hydrogen (secondary N) is 3. The number of benzene rings is 2. The minimum absolute atomic E-state index is 0. The van der Waals surface area contributed by atoms with Crippen LogP contribution in [0.5, 0.6) is 0 Å². The summed E-state index contributed by atoms with van der Waals surface area (Å²) < 4.78 is 10.2. The van der Waals surface area contributed by atoms with Crippen molar-refractivity contribution >= 4 is 47.2 Å². The number of nitrogens with zero attached hydrogens (tertiary/aromatic N) is 1. The Morgan fingerprint density at radius 3 is 2.25 bits per heavy atom. The number of aliphatic imine (C=N–C) groups is 1. The molecule has 0 fully saturated rings. The lowest BCUT2D eigenvalue weighted by Gasteiger charge is -2.23. The average molecular weight is 631 g/mol. The molecule has 0 aliphatic carbocycles. The maximum absolute atomic E-state index is 12.8. The molecule has 0 radical (unpaired) electrons. The normalized spacial score (nSPS) is 11.6. The van der Waals surface area contributed by atoms with Gasteiger partial charge in [-0.2, -0.15) is 0 Å². The first-order valence-corrected chi connectivity index (χ1v) is 14.0. The summed E-state index contributed by atoms with van der Waals surface area (Å²) >= 11 is 0. The molecule has 2 aromatic carbocycles. The second kappa shape index (κ2) is 19.6. The summed E-state index contributed by atoms with van der Waals surface area (Å²) in [4.78, 5) is 52.1. The molecule has 240 valence electrons. The van der Waals surface area contributed by atoms with Crippen LogP contribution >= 0.6 is 12.4 Å². The lowest BCUT2D eigenvalue weighted by molar-refractivity contribution is -0.130. The number of carbonyl (C=O) groups excluding carboxylic acids is 3. The number of para-hydroxylation sites is 1. The highest BCUT2D eigenvalue weighted by atomic mass is 35.5. The molecule has 0 spiro atoms. The monoisotopic (exact) mass is 630 g/mol. The fraction of sp³-hybridized carbons (Fsp3) is 0.387. The van der Waals surface area contributed by atoms with Gasteiger partial charge in [0.1, 0.15) is 24.3 Å². The van der Waals surface area contributed by atoms with E-state index in [9.17, 15) is 19.2 Å². The Balaban J connectivity index is 0.000000614. The van der Waals surface area contributed by atoms with Gasteiger partial charge in [0.25, 0.3) is 0 Å². The molecule has 1 heterocycles. The second-order valence-electron chi connectivity index (χ2n) is 10.3. The smallest absolute Gasteiger partial charge is 0.408 e. The van der Waals surface area contributed by atoms with E-state index < -0.39 is 24.1 Å². The number of likely N-dealkylation sites (N-methyl/N-ethyl adjacent to an activating group) is 1. The van der Waals surface area contributed by atoms with Gasteiger partial charge in [-0.3, -0.25) is 14.6 Å². The number of ether oxygens (including phenoxy) is 1. The van der Waals surface area contributed by atoms with Crippen LogP contribution in [0.15, 0.2) is 74.9 Å². The number of guanidine groups is 1. The number of halogens is 1. The van der Waals surface area contributed by atoms with Gasteiger partial charge in [-0.15, -0.1) is 12.4 Å². The van der Waals surface area contributed by atoms with Crippen LogP contribution in [0.4, 0.5) is 4.79 Å². The molecule has 0 aliphatic heterocycles. The van der Waals surface area contributed by atoms with Gasteiger partial charge in [-0.05, 0) is 49.3 Å². The van der Waals surface area contributed by atoms with Crippen LogP contribution in [0.25, 0.3) is 11.0 Å². The van der Waals surface area contributed by atoms with E-state index in [-0.39, 0.29) is 42.4 Å². The quantitative estimate of drug-likeness (QED) is 0.0872. The Labute approximate surface area is 263 Å². The van der Waals surface area contributed by atoms with Crippen LogP contribution in [0.3, 0.4) is 0 Å². The molecular weight excluding hydrogens is 588 g/mol. The van der Waals surface area contributed by atoms with Gasteiger partial charge in [0.05, 0.1) is 0 Å². The summed E-state index contributed by atoms with van der Waals surface area (Å²) in [5.74, 6) is -0.699. The van der Waals surface area contributed by atoms with Crippen LogP contribution in [0.2, 0.25) is 0 Å². The van der Waals surface area contributed by atoms with E-state index in [4.69, 9.17) is 20.6 Å². The van der Waals surface area contributed by atoms with Crippen molar-refractivity contribution in [2.24, 2.45) is 22.4 Å². The molecule has 2 atom stereocenters. The highest BCUT2D eigenvalue weighted by molar-refractivity contribution is 5.91. The maximum Gasteiger partial charge on any atom is 0.408 e. The number of carbonyl (C=O) groups is 3. The standard InChI is InChI=1S/C21H34N6O4.C10H8O2.ClH/c1-14(2)12-17(27-21(30)31-13-15-8-5-4-6-9-15)19(29)26-16(18(28)24-3)10-7-11-25-20(22)23;1-7-6-10(11)12-9-5-3-2-4-8(7)9;/h4-6,8-9,14,16-17H,7,10-13H2,1-3H3,(H,24,28)(H,26,29)(H,27,30)(H4,22,23,25);2-6H,1H3;1H/t16-,17-;;/m0../s1. The van der Waals surface area contributed by atoms with Crippen LogP contribution in [-0.4, -0.2) is 49.5 Å². The fourth-order valence-corrected chi connectivity index (χ4v) is 4.10. The SMILES string of the molecule is CNC(=O)[C@H](CCCN=C(N)N)NC(=O)[C@H](CC(C)C)NC(=O)OCc1ccccc1.Cc1cc(=O)oc2ccccc12.Cl. The maximum atomic E-state index is 12.8. The van der Waals surface area contributed by atoms with E-state index in [2.05, 4.69) is 20.9 Å². The highest BCUT2D eigenvalue weighted by Crippen LogP contribution is 2.14. The molecule has 0 unspecified atom stereocenters. The number of hydrogen-bond donors (Lipinski definition) is 5. The minimum Gasteiger partial charge on any atom is -0.445 e. The first-order valence-electron chi connectivity index (χ1n) is 14.0. The van der Waals surface area contributed by atoms with E-state index in [0.717, 1.165) is 16.5 Å². The molecule has 3 rings (SSSR count). The van der Waals surface area contributed by atoms with Crippen LogP contribution in [0.1, 0.15) is 44.2 Å². The van der Waals surface area contributed by atoms with Crippen molar-refractivity contribution in [3.05, 3.63) is 82.2 Å². The first kappa shape index (κ1) is 37.4. The third-order valence-corrected chi connectivity index (χ3v) is 6.21. The second-order valence-corrected chi connectivity index (χ2v) is 10.3. The number of aryl methyl sites for hydroxylation is 1. The lowest BCUT2D eigenvalue weighted by Crippen LogP contribution is -2.53. The number of fused-ring (bicyclic) bond motifs is 1. The number of amides is 3. The number of alkyl carbamates (subject to hydrolysis) is 1. The van der Waals surface area contributed by atoms with E-state index in [1.807, 2.05) is 69.3 Å². The van der Waals surface area contributed by atoms with Gasteiger partial charge in [0.15, 0.2) is 5.96 Å². The van der Waals surface area contributed by atoms with Crippen molar-refractivity contribution < 1.29 is 23.5 Å². The summed E-state index contributed by atoms with van der Waals surface area (Å²) in [6.45, 7) is 6.20. The zero-order valence-corrected chi connectivity index (χ0v) is 26.3. The van der Waals surface area contributed by atoms with Crippen molar-refractivity contribution in [3.63, 3.8) is 0 Å². The van der Waals surface area contributed by atoms with Crippen molar-refractivity contribution in [1.82, 2.24) is 16.0 Å². The summed E-state index contributed by atoms with van der Waals surface area (Å²) in [6.07, 6.45) is 0.530. The fourth-order valence-electron chi connectivity index (χ4n) is 4.10. The highest BCUT2D eigenvalue weighted by Gasteiger charge is 2.27. The Morgan fingerprint density at radius 2 is 1.61 bits per heavy atom. The van der Waals surface area contributed by atoms with Crippen molar-refractivity contribution in [2.45, 2.75) is 58.7 Å². The van der Waals surface area contributed by atoms with Crippen LogP contribution in [-0.2, 0) is 20.9 Å². The summed E-state index contributed by atoms with van der Waals surface area (Å²) in [7, 11) is 1.49. The number of hydrogen-bond acceptors (Lipinski definition) is 7. The van der Waals surface area contributed by atoms with Crippen LogP contribution < -0.4 is 33.0 Å². The predicted molar refractivity (Wildman–Crippen MR) is 173 cm³/mol. The molecule has 7 N–H and O–H groups in total. The number of nitrogens with two attached hydrogens (primary N) is 2. The van der Waals surface area contributed by atoms with Crippen molar-refractivity contribution in [1.29, 1.82) is 0 Å². The Bertz CT molecular complexity index is 1430. The summed E-state index contributed by atoms with van der Waals surface area (Å²) in [5, 5.41) is 8.84. The Morgan fingerprint density at radius 1 is 0.955 bits per heavy atom. The van der Waals surface area contributed by atoms with Gasteiger partial charge >= 0.3 is 11.7 Å². The Hall–Kier alpha value is -4.58. The number of rotatable bonds is 12. The van der Waals surface area contributed by atoms with Gasteiger partial charge in [0, 0.05) is 25.0 Å². The molecule has 0 bridgehead atoms. The minimum atomic E-state index is -0.840. The Kier molecular flexibility index (Phi) is 16.7. The molecule has 3 aromatic rings. The van der Waals surface area contributed by atoms with Gasteiger partial charge in [-0.1, -0.05) is 62.4 Å². The van der Waals surface area contributed by atoms with Crippen molar-refractivity contribution in [2.75, 3.05) is 13.6 Å². The van der Waals surface area contributed by atoms with E-state index in [0.29, 0.717) is 31.4 Å². The van der Waals surface area contributed by atoms with E-state index in [1.54, 1.807) is 6.07 Å². The zero-order valence-electron chi connectivity index (χ0n) is 25.5. The topological polar surface area (TPSA) is 191 Å². The molecule has 12 nitrogen and oxygen atoms in total.